The van der Waals surface area contributed by atoms with E-state index < -0.39 is 11.9 Å². The fourth-order valence-corrected chi connectivity index (χ4v) is 3.48. The zero-order valence-electron chi connectivity index (χ0n) is 18.4. The van der Waals surface area contributed by atoms with Gasteiger partial charge in [-0.3, -0.25) is 19.2 Å². The third-order valence-corrected chi connectivity index (χ3v) is 4.98. The van der Waals surface area contributed by atoms with Crippen molar-refractivity contribution in [3.8, 4) is 11.5 Å². The van der Waals surface area contributed by atoms with Gasteiger partial charge in [-0.25, -0.2) is 0 Å². The number of carbonyl (C=O) groups is 4. The molecule has 2 aromatic rings. The van der Waals surface area contributed by atoms with Crippen LogP contribution < -0.4 is 9.47 Å². The Kier molecular flexibility index (Phi) is 8.25. The number of ether oxygens (including phenoxy) is 2. The lowest BCUT2D eigenvalue weighted by Gasteiger charge is -2.31. The van der Waals surface area contributed by atoms with Gasteiger partial charge in [-0.05, 0) is 55.7 Å². The third kappa shape index (κ3) is 6.88. The standard InChI is InChI=1S/C25H28O6/c1-5-14-25(4,19-6-10-21(11-7-19)30-23(28)15-17(2)26)20-8-12-22(13-9-20)31-24(29)16-18(3)27/h6-13H,5,14-16H2,1-4H3. The average molecular weight is 424 g/mol. The number of rotatable bonds is 10. The summed E-state index contributed by atoms with van der Waals surface area (Å²) in [5.41, 5.74) is 1.78. The van der Waals surface area contributed by atoms with Crippen LogP contribution in [0.5, 0.6) is 11.5 Å². The highest BCUT2D eigenvalue weighted by Crippen LogP contribution is 2.37. The summed E-state index contributed by atoms with van der Waals surface area (Å²) in [5.74, 6) is -0.860. The van der Waals surface area contributed by atoms with Gasteiger partial charge in [0.2, 0.25) is 0 Å². The highest BCUT2D eigenvalue weighted by molar-refractivity contribution is 5.95. The molecule has 0 heterocycles. The van der Waals surface area contributed by atoms with Crippen molar-refractivity contribution in [2.75, 3.05) is 0 Å². The first-order chi connectivity index (χ1) is 14.6. The van der Waals surface area contributed by atoms with E-state index in [1.165, 1.54) is 13.8 Å². The Hall–Kier alpha value is -3.28. The van der Waals surface area contributed by atoms with Crippen LogP contribution >= 0.6 is 0 Å². The van der Waals surface area contributed by atoms with Crippen molar-refractivity contribution in [2.45, 2.75) is 58.8 Å². The topological polar surface area (TPSA) is 86.7 Å². The van der Waals surface area contributed by atoms with E-state index in [4.69, 9.17) is 9.47 Å². The Bertz CT molecular complexity index is 867. The van der Waals surface area contributed by atoms with Crippen molar-refractivity contribution in [1.82, 2.24) is 0 Å². The van der Waals surface area contributed by atoms with Gasteiger partial charge in [-0.1, -0.05) is 44.5 Å². The Morgan fingerprint density at radius 1 is 0.710 bits per heavy atom. The average Bonchev–Trinajstić information content (AvgIpc) is 2.67. The van der Waals surface area contributed by atoms with Gasteiger partial charge in [-0.15, -0.1) is 0 Å². The summed E-state index contributed by atoms with van der Waals surface area (Å²) in [4.78, 5) is 45.5. The number of Topliss-reactive ketones (excluding diaryl/α,β-unsaturated/α-hetero) is 2. The van der Waals surface area contributed by atoms with Crippen LogP contribution in [0, 0.1) is 0 Å². The van der Waals surface area contributed by atoms with Crippen LogP contribution in [-0.2, 0) is 24.6 Å². The van der Waals surface area contributed by atoms with Crippen molar-refractivity contribution in [2.24, 2.45) is 0 Å². The minimum absolute atomic E-state index is 0.243. The molecule has 0 bridgehead atoms. The molecule has 0 aromatic heterocycles. The zero-order valence-corrected chi connectivity index (χ0v) is 18.4. The smallest absolute Gasteiger partial charge is 0.318 e. The van der Waals surface area contributed by atoms with Gasteiger partial charge in [0.15, 0.2) is 0 Å². The predicted molar refractivity (Wildman–Crippen MR) is 116 cm³/mol. The molecule has 0 amide bonds. The molecule has 0 saturated carbocycles. The molecule has 0 radical (unpaired) electrons. The van der Waals surface area contributed by atoms with E-state index in [-0.39, 0.29) is 29.8 Å². The highest BCUT2D eigenvalue weighted by Gasteiger charge is 2.28. The minimum atomic E-state index is -0.577. The zero-order chi connectivity index (χ0) is 23.0. The molecule has 0 spiro atoms. The molecule has 0 aliphatic carbocycles. The molecule has 2 aromatic carbocycles. The van der Waals surface area contributed by atoms with Crippen LogP contribution in [0.15, 0.2) is 48.5 Å². The highest BCUT2D eigenvalue weighted by atomic mass is 16.5. The SMILES string of the molecule is CCCC(C)(c1ccc(OC(=O)CC(C)=O)cc1)c1ccc(OC(=O)CC(C)=O)cc1. The lowest BCUT2D eigenvalue weighted by atomic mass is 9.73. The summed E-state index contributed by atoms with van der Waals surface area (Å²) in [6.45, 7) is 6.92. The first kappa shape index (κ1) is 24.0. The molecule has 2 rings (SSSR count). The van der Waals surface area contributed by atoms with Crippen molar-refractivity contribution in [3.05, 3.63) is 59.7 Å². The van der Waals surface area contributed by atoms with E-state index in [0.717, 1.165) is 24.0 Å². The van der Waals surface area contributed by atoms with E-state index in [1.807, 2.05) is 24.3 Å². The Balaban J connectivity index is 2.20. The molecule has 164 valence electrons. The fourth-order valence-electron chi connectivity index (χ4n) is 3.48. The quantitative estimate of drug-likeness (QED) is 0.316. The molecule has 0 N–H and O–H groups in total. The van der Waals surface area contributed by atoms with Crippen LogP contribution in [-0.4, -0.2) is 23.5 Å². The molecule has 6 nitrogen and oxygen atoms in total. The first-order valence-corrected chi connectivity index (χ1v) is 10.3. The fraction of sp³-hybridized carbons (Fsp3) is 0.360. The minimum Gasteiger partial charge on any atom is -0.426 e. The lowest BCUT2D eigenvalue weighted by molar-refractivity contribution is -0.139. The summed E-state index contributed by atoms with van der Waals surface area (Å²) in [5, 5.41) is 0. The normalized spacial score (nSPS) is 11.0. The molecule has 31 heavy (non-hydrogen) atoms. The summed E-state index contributed by atoms with van der Waals surface area (Å²) in [7, 11) is 0. The van der Waals surface area contributed by atoms with Crippen molar-refractivity contribution >= 4 is 23.5 Å². The number of benzene rings is 2. The molecular weight excluding hydrogens is 396 g/mol. The van der Waals surface area contributed by atoms with Crippen LogP contribution in [0.1, 0.15) is 64.5 Å². The third-order valence-electron chi connectivity index (χ3n) is 4.98. The monoisotopic (exact) mass is 424 g/mol. The summed E-state index contributed by atoms with van der Waals surface area (Å²) < 4.78 is 10.4. The van der Waals surface area contributed by atoms with E-state index in [1.54, 1.807) is 24.3 Å². The van der Waals surface area contributed by atoms with Gasteiger partial charge in [0, 0.05) is 5.41 Å². The molecule has 0 saturated heterocycles. The molecule has 0 aliphatic rings. The maximum atomic E-state index is 11.7. The van der Waals surface area contributed by atoms with Gasteiger partial charge in [0.05, 0.1) is 0 Å². The second kappa shape index (κ2) is 10.7. The van der Waals surface area contributed by atoms with Crippen LogP contribution in [0.3, 0.4) is 0 Å². The lowest BCUT2D eigenvalue weighted by Crippen LogP contribution is -2.23. The van der Waals surface area contributed by atoms with Gasteiger partial charge >= 0.3 is 11.9 Å². The maximum Gasteiger partial charge on any atom is 0.318 e. The second-order valence-electron chi connectivity index (χ2n) is 7.84. The van der Waals surface area contributed by atoms with Gasteiger partial charge in [0.25, 0.3) is 0 Å². The van der Waals surface area contributed by atoms with E-state index in [0.29, 0.717) is 11.5 Å². The molecule has 0 atom stereocenters. The number of ketones is 2. The van der Waals surface area contributed by atoms with Gasteiger partial charge in [0.1, 0.15) is 35.9 Å². The van der Waals surface area contributed by atoms with Crippen LogP contribution in [0.4, 0.5) is 0 Å². The van der Waals surface area contributed by atoms with Crippen molar-refractivity contribution in [1.29, 1.82) is 0 Å². The number of carbonyl (C=O) groups excluding carboxylic acids is 4. The largest absolute Gasteiger partial charge is 0.426 e. The molecular formula is C25H28O6. The Morgan fingerprint density at radius 3 is 1.35 bits per heavy atom. The summed E-state index contributed by atoms with van der Waals surface area (Å²) >= 11 is 0. The summed E-state index contributed by atoms with van der Waals surface area (Å²) in [6.07, 6.45) is 1.32. The number of hydrogen-bond donors (Lipinski definition) is 0. The predicted octanol–water partition coefficient (Wildman–Crippen LogP) is 4.56. The molecule has 6 heteroatoms. The molecule has 0 fully saturated rings. The van der Waals surface area contributed by atoms with Gasteiger partial charge < -0.3 is 9.47 Å². The Morgan fingerprint density at radius 2 is 1.06 bits per heavy atom. The van der Waals surface area contributed by atoms with E-state index in [9.17, 15) is 19.2 Å². The second-order valence-corrected chi connectivity index (χ2v) is 7.84. The number of hydrogen-bond acceptors (Lipinski definition) is 6. The van der Waals surface area contributed by atoms with Crippen LogP contribution in [0.25, 0.3) is 0 Å². The van der Waals surface area contributed by atoms with Crippen molar-refractivity contribution < 1.29 is 28.7 Å². The maximum absolute atomic E-state index is 11.7. The van der Waals surface area contributed by atoms with Gasteiger partial charge in [-0.2, -0.15) is 0 Å². The van der Waals surface area contributed by atoms with E-state index in [2.05, 4.69) is 13.8 Å². The summed E-state index contributed by atoms with van der Waals surface area (Å²) in [6, 6.07) is 14.5. The Labute approximate surface area is 182 Å². The van der Waals surface area contributed by atoms with E-state index >= 15 is 0 Å². The first-order valence-electron chi connectivity index (χ1n) is 10.3. The molecule has 0 aliphatic heterocycles. The van der Waals surface area contributed by atoms with Crippen molar-refractivity contribution in [3.63, 3.8) is 0 Å². The number of esters is 2. The van der Waals surface area contributed by atoms with Crippen LogP contribution in [0.2, 0.25) is 0 Å². The molecule has 0 unspecified atom stereocenters.